The highest BCUT2D eigenvalue weighted by Gasteiger charge is 2.13. The summed E-state index contributed by atoms with van der Waals surface area (Å²) in [4.78, 5) is 0. The Hall–Kier alpha value is -2.46. The molecule has 0 aliphatic rings. The maximum atomic E-state index is 6.16. The van der Waals surface area contributed by atoms with Gasteiger partial charge in [-0.2, -0.15) is 0 Å². The monoisotopic (exact) mass is 293 g/mol. The van der Waals surface area contributed by atoms with Gasteiger partial charge in [0.05, 0.1) is 0 Å². The molecule has 0 fully saturated rings. The van der Waals surface area contributed by atoms with Gasteiger partial charge < -0.3 is 10.2 Å². The van der Waals surface area contributed by atoms with E-state index in [0.29, 0.717) is 17.7 Å². The van der Waals surface area contributed by atoms with Crippen molar-refractivity contribution in [2.24, 2.45) is 11.7 Å². The maximum absolute atomic E-state index is 6.16. The first-order chi connectivity index (χ1) is 10.6. The molecule has 1 heterocycles. The van der Waals surface area contributed by atoms with E-state index in [1.165, 1.54) is 0 Å². The van der Waals surface area contributed by atoms with E-state index in [9.17, 15) is 0 Å². The lowest BCUT2D eigenvalue weighted by atomic mass is 9.96. The Kier molecular flexibility index (Phi) is 4.02. The molecule has 22 heavy (non-hydrogen) atoms. The fourth-order valence-corrected chi connectivity index (χ4v) is 2.27. The number of aromatic nitrogens is 2. The largest absolute Gasteiger partial charge is 0.416 e. The molecule has 0 spiro atoms. The number of hydrogen-bond acceptors (Lipinski definition) is 4. The molecule has 1 aromatic heterocycles. The molecule has 3 aromatic rings. The molecule has 3 rings (SSSR count). The zero-order valence-corrected chi connectivity index (χ0v) is 12.7. The van der Waals surface area contributed by atoms with Gasteiger partial charge in [0, 0.05) is 17.2 Å². The average molecular weight is 293 g/mol. The fraction of sp³-hybridized carbons (Fsp3) is 0.222. The minimum atomic E-state index is 0.0385. The molecule has 0 saturated heterocycles. The molecular formula is C18H19N3O. The highest BCUT2D eigenvalue weighted by Crippen LogP contribution is 2.26. The summed E-state index contributed by atoms with van der Waals surface area (Å²) in [5.74, 6) is 1.45. The first-order valence-corrected chi connectivity index (χ1v) is 7.40. The molecule has 2 aromatic carbocycles. The Labute approximate surface area is 130 Å². The molecule has 0 amide bonds. The van der Waals surface area contributed by atoms with Crippen LogP contribution in [-0.2, 0) is 0 Å². The van der Waals surface area contributed by atoms with Gasteiger partial charge in [0.25, 0.3) is 0 Å². The van der Waals surface area contributed by atoms with Gasteiger partial charge in [0.2, 0.25) is 11.8 Å². The van der Waals surface area contributed by atoms with E-state index in [2.05, 4.69) is 24.0 Å². The summed E-state index contributed by atoms with van der Waals surface area (Å²) >= 11 is 0. The van der Waals surface area contributed by atoms with Crippen molar-refractivity contribution < 1.29 is 4.42 Å². The predicted molar refractivity (Wildman–Crippen MR) is 86.9 cm³/mol. The van der Waals surface area contributed by atoms with Crippen LogP contribution in [0.1, 0.15) is 25.5 Å². The summed E-state index contributed by atoms with van der Waals surface area (Å²) in [6, 6.07) is 17.8. The van der Waals surface area contributed by atoms with E-state index < -0.39 is 0 Å². The van der Waals surface area contributed by atoms with Crippen LogP contribution in [0.15, 0.2) is 59.0 Å². The zero-order valence-electron chi connectivity index (χ0n) is 12.7. The number of nitrogens with zero attached hydrogens (tertiary/aromatic N) is 2. The van der Waals surface area contributed by atoms with Crippen molar-refractivity contribution >= 4 is 0 Å². The van der Waals surface area contributed by atoms with E-state index in [4.69, 9.17) is 10.2 Å². The molecule has 0 bridgehead atoms. The number of benzene rings is 2. The van der Waals surface area contributed by atoms with Gasteiger partial charge in [-0.15, -0.1) is 10.2 Å². The second-order valence-electron chi connectivity index (χ2n) is 5.67. The first kappa shape index (κ1) is 14.5. The second-order valence-corrected chi connectivity index (χ2v) is 5.67. The summed E-state index contributed by atoms with van der Waals surface area (Å²) < 4.78 is 5.75. The van der Waals surface area contributed by atoms with Crippen LogP contribution in [-0.4, -0.2) is 10.2 Å². The molecule has 4 nitrogen and oxygen atoms in total. The summed E-state index contributed by atoms with van der Waals surface area (Å²) in [7, 11) is 0. The lowest BCUT2D eigenvalue weighted by molar-refractivity contribution is 0.514. The van der Waals surface area contributed by atoms with Gasteiger partial charge in [-0.05, 0) is 35.7 Å². The fourth-order valence-electron chi connectivity index (χ4n) is 2.27. The van der Waals surface area contributed by atoms with Crippen LogP contribution in [0.2, 0.25) is 0 Å². The summed E-state index contributed by atoms with van der Waals surface area (Å²) in [6.07, 6.45) is 0. The number of hydrogen-bond donors (Lipinski definition) is 1. The Morgan fingerprint density at radius 3 is 1.91 bits per heavy atom. The smallest absolute Gasteiger partial charge is 0.248 e. The predicted octanol–water partition coefficient (Wildman–Crippen LogP) is 4.06. The molecular weight excluding hydrogens is 274 g/mol. The van der Waals surface area contributed by atoms with Gasteiger partial charge >= 0.3 is 0 Å². The molecule has 1 atom stereocenters. The summed E-state index contributed by atoms with van der Waals surface area (Å²) in [5, 5.41) is 8.23. The molecule has 0 aliphatic heterocycles. The lowest BCUT2D eigenvalue weighted by Crippen LogP contribution is -2.16. The van der Waals surface area contributed by atoms with Gasteiger partial charge in [0.1, 0.15) is 0 Å². The topological polar surface area (TPSA) is 64.9 Å². The Morgan fingerprint density at radius 2 is 1.36 bits per heavy atom. The number of nitrogens with two attached hydrogens (primary N) is 1. The highest BCUT2D eigenvalue weighted by molar-refractivity contribution is 5.58. The summed E-state index contributed by atoms with van der Waals surface area (Å²) in [6.45, 7) is 4.23. The third-order valence-corrected chi connectivity index (χ3v) is 3.71. The van der Waals surface area contributed by atoms with E-state index >= 15 is 0 Å². The molecule has 0 saturated carbocycles. The van der Waals surface area contributed by atoms with Crippen LogP contribution < -0.4 is 5.73 Å². The molecule has 0 aliphatic carbocycles. The third-order valence-electron chi connectivity index (χ3n) is 3.71. The van der Waals surface area contributed by atoms with Crippen LogP contribution in [0, 0.1) is 5.92 Å². The molecule has 4 heteroatoms. The molecule has 0 unspecified atom stereocenters. The van der Waals surface area contributed by atoms with Crippen LogP contribution in [0.25, 0.3) is 22.9 Å². The van der Waals surface area contributed by atoms with Crippen molar-refractivity contribution in [2.45, 2.75) is 19.9 Å². The lowest BCUT2D eigenvalue weighted by Gasteiger charge is -2.15. The van der Waals surface area contributed by atoms with Crippen molar-refractivity contribution in [3.63, 3.8) is 0 Å². The third kappa shape index (κ3) is 2.92. The van der Waals surface area contributed by atoms with Crippen LogP contribution in [0.4, 0.5) is 0 Å². The second kappa shape index (κ2) is 6.12. The first-order valence-electron chi connectivity index (χ1n) is 7.40. The van der Waals surface area contributed by atoms with E-state index in [1.54, 1.807) is 0 Å². The van der Waals surface area contributed by atoms with Gasteiger partial charge in [-0.1, -0.05) is 44.2 Å². The Bertz CT molecular complexity index is 733. The van der Waals surface area contributed by atoms with Crippen molar-refractivity contribution in [1.82, 2.24) is 10.2 Å². The van der Waals surface area contributed by atoms with Crippen LogP contribution in [0.3, 0.4) is 0 Å². The maximum Gasteiger partial charge on any atom is 0.248 e. The highest BCUT2D eigenvalue weighted by atomic mass is 16.4. The van der Waals surface area contributed by atoms with Crippen LogP contribution in [0.5, 0.6) is 0 Å². The molecule has 112 valence electrons. The molecule has 2 N–H and O–H groups in total. The SMILES string of the molecule is CC(C)[C@H](N)c1ccc(-c2nnc(-c3ccccc3)o2)cc1. The standard InChI is InChI=1S/C18H19N3O/c1-12(2)16(19)13-8-10-15(11-9-13)18-21-20-17(22-18)14-6-4-3-5-7-14/h3-12,16H,19H2,1-2H3/t16-/m0/s1. The van der Waals surface area contributed by atoms with E-state index in [0.717, 1.165) is 16.7 Å². The van der Waals surface area contributed by atoms with Gasteiger partial charge in [-0.25, -0.2) is 0 Å². The van der Waals surface area contributed by atoms with Gasteiger partial charge in [0.15, 0.2) is 0 Å². The van der Waals surface area contributed by atoms with E-state index in [-0.39, 0.29) is 6.04 Å². The summed E-state index contributed by atoms with van der Waals surface area (Å²) in [5.41, 5.74) is 9.08. The van der Waals surface area contributed by atoms with Crippen molar-refractivity contribution in [3.8, 4) is 22.9 Å². The van der Waals surface area contributed by atoms with Gasteiger partial charge in [-0.3, -0.25) is 0 Å². The average Bonchev–Trinajstić information content (AvgIpc) is 3.05. The Balaban J connectivity index is 1.85. The van der Waals surface area contributed by atoms with Crippen LogP contribution >= 0.6 is 0 Å². The molecule has 0 radical (unpaired) electrons. The minimum Gasteiger partial charge on any atom is -0.416 e. The van der Waals surface area contributed by atoms with Crippen molar-refractivity contribution in [1.29, 1.82) is 0 Å². The van der Waals surface area contributed by atoms with E-state index in [1.807, 2.05) is 54.6 Å². The normalized spacial score (nSPS) is 12.5. The zero-order chi connectivity index (χ0) is 15.5. The minimum absolute atomic E-state index is 0.0385. The van der Waals surface area contributed by atoms with Crippen molar-refractivity contribution in [2.75, 3.05) is 0 Å². The Morgan fingerprint density at radius 1 is 0.818 bits per heavy atom. The van der Waals surface area contributed by atoms with Crippen molar-refractivity contribution in [3.05, 3.63) is 60.2 Å². The quantitative estimate of drug-likeness (QED) is 0.787. The number of rotatable bonds is 4.